The highest BCUT2D eigenvalue weighted by atomic mass is 32.1. The number of carbonyl (C=O) groups excluding carboxylic acids is 2. The van der Waals surface area contributed by atoms with Crippen molar-refractivity contribution in [2.24, 2.45) is 0 Å². The van der Waals surface area contributed by atoms with Gasteiger partial charge in [0.15, 0.2) is 28.0 Å². The fourth-order valence-corrected chi connectivity index (χ4v) is 4.76. The van der Waals surface area contributed by atoms with Crippen molar-refractivity contribution >= 4 is 39.1 Å². The molecule has 8 nitrogen and oxygen atoms in total. The predicted molar refractivity (Wildman–Crippen MR) is 131 cm³/mol. The molecular formula is C26H22N2O6S. The monoisotopic (exact) mass is 490 g/mol. The summed E-state index contributed by atoms with van der Waals surface area (Å²) in [5.74, 6) is -0.781. The zero-order chi connectivity index (χ0) is 24.5. The van der Waals surface area contributed by atoms with Crippen LogP contribution in [0, 0.1) is 0 Å². The molecule has 0 bridgehead atoms. The first-order chi connectivity index (χ1) is 17.0. The molecule has 3 heterocycles. The van der Waals surface area contributed by atoms with Gasteiger partial charge in [0.2, 0.25) is 5.78 Å². The number of para-hydroxylation sites is 1. The molecule has 4 aromatic rings. The van der Waals surface area contributed by atoms with E-state index < -0.39 is 23.5 Å². The second-order valence-corrected chi connectivity index (χ2v) is 8.76. The van der Waals surface area contributed by atoms with Gasteiger partial charge in [0.05, 0.1) is 25.3 Å². The van der Waals surface area contributed by atoms with E-state index in [9.17, 15) is 14.7 Å². The lowest BCUT2D eigenvalue weighted by Gasteiger charge is -2.24. The Labute approximate surface area is 205 Å². The van der Waals surface area contributed by atoms with Gasteiger partial charge in [0.1, 0.15) is 5.75 Å². The summed E-state index contributed by atoms with van der Waals surface area (Å²) in [6.45, 7) is 2.59. The Hall–Kier alpha value is -4.11. The van der Waals surface area contributed by atoms with Gasteiger partial charge in [-0.1, -0.05) is 31.2 Å². The summed E-state index contributed by atoms with van der Waals surface area (Å²) in [6.07, 6.45) is 2.43. The van der Waals surface area contributed by atoms with Crippen LogP contribution in [0.15, 0.2) is 75.9 Å². The van der Waals surface area contributed by atoms with E-state index in [4.69, 9.17) is 13.9 Å². The quantitative estimate of drug-likeness (QED) is 0.327. The summed E-state index contributed by atoms with van der Waals surface area (Å²) < 4.78 is 16.8. The normalized spacial score (nSPS) is 15.8. The number of carbonyl (C=O) groups is 2. The maximum atomic E-state index is 13.7. The van der Waals surface area contributed by atoms with Crippen LogP contribution < -0.4 is 14.4 Å². The number of amides is 1. The predicted octanol–water partition coefficient (Wildman–Crippen LogP) is 5.47. The molecule has 0 saturated heterocycles. The molecule has 2 aromatic heterocycles. The molecule has 1 aliphatic rings. The average molecular weight is 491 g/mol. The first-order valence-electron chi connectivity index (χ1n) is 11.0. The Bertz CT molecular complexity index is 1420. The van der Waals surface area contributed by atoms with Gasteiger partial charge >= 0.3 is 0 Å². The minimum atomic E-state index is -0.892. The SMILES string of the molecule is CCCOc1ccc(C2C(C(=O)c3cc4cccc(OC)c4o3)=C(O)C(=O)N2c2nccs2)cc1. The Morgan fingerprint density at radius 2 is 2.03 bits per heavy atom. The number of hydrogen-bond donors (Lipinski definition) is 1. The lowest BCUT2D eigenvalue weighted by molar-refractivity contribution is -0.117. The van der Waals surface area contributed by atoms with Crippen LogP contribution in [0.5, 0.6) is 11.5 Å². The topological polar surface area (TPSA) is 102 Å². The van der Waals surface area contributed by atoms with E-state index in [2.05, 4.69) is 4.98 Å². The van der Waals surface area contributed by atoms with Crippen molar-refractivity contribution in [2.75, 3.05) is 18.6 Å². The lowest BCUT2D eigenvalue weighted by Crippen LogP contribution is -2.30. The van der Waals surface area contributed by atoms with Gasteiger partial charge < -0.3 is 19.0 Å². The minimum absolute atomic E-state index is 0.00672. The van der Waals surface area contributed by atoms with Crippen LogP contribution in [0.2, 0.25) is 0 Å². The Morgan fingerprint density at radius 3 is 2.71 bits per heavy atom. The summed E-state index contributed by atoms with van der Waals surface area (Å²) in [7, 11) is 1.51. The molecule has 2 aromatic carbocycles. The Balaban J connectivity index is 1.60. The molecule has 1 aliphatic heterocycles. The third-order valence-corrected chi connectivity index (χ3v) is 6.47. The molecule has 1 atom stereocenters. The van der Waals surface area contributed by atoms with Gasteiger partial charge in [-0.2, -0.15) is 0 Å². The van der Waals surface area contributed by atoms with Crippen LogP contribution in [0.3, 0.4) is 0 Å². The molecule has 0 saturated carbocycles. The summed E-state index contributed by atoms with van der Waals surface area (Å²) in [5, 5.41) is 13.7. The fraction of sp³-hybridized carbons (Fsp3) is 0.192. The number of rotatable bonds is 8. The molecular weight excluding hydrogens is 468 g/mol. The van der Waals surface area contributed by atoms with E-state index >= 15 is 0 Å². The summed E-state index contributed by atoms with van der Waals surface area (Å²) in [6, 6.07) is 13.1. The number of aliphatic hydroxyl groups excluding tert-OH is 1. The number of Topliss-reactive ketones (excluding diaryl/α,β-unsaturated/α-hetero) is 1. The van der Waals surface area contributed by atoms with Crippen LogP contribution in [0.4, 0.5) is 5.13 Å². The highest BCUT2D eigenvalue weighted by Crippen LogP contribution is 2.43. The van der Waals surface area contributed by atoms with E-state index in [1.54, 1.807) is 60.1 Å². The number of ketones is 1. The van der Waals surface area contributed by atoms with E-state index in [0.717, 1.165) is 6.42 Å². The van der Waals surface area contributed by atoms with Crippen molar-refractivity contribution in [1.82, 2.24) is 4.98 Å². The number of aliphatic hydroxyl groups is 1. The first kappa shape index (κ1) is 22.7. The molecule has 35 heavy (non-hydrogen) atoms. The maximum Gasteiger partial charge on any atom is 0.296 e. The molecule has 0 spiro atoms. The molecule has 178 valence electrons. The van der Waals surface area contributed by atoms with Crippen molar-refractivity contribution in [3.63, 3.8) is 0 Å². The summed E-state index contributed by atoms with van der Waals surface area (Å²) in [4.78, 5) is 32.5. The molecule has 0 fully saturated rings. The van der Waals surface area contributed by atoms with Crippen molar-refractivity contribution < 1.29 is 28.6 Å². The number of nitrogens with zero attached hydrogens (tertiary/aromatic N) is 2. The van der Waals surface area contributed by atoms with Gasteiger partial charge in [-0.05, 0) is 36.2 Å². The van der Waals surface area contributed by atoms with Crippen molar-refractivity contribution in [3.8, 4) is 11.5 Å². The Morgan fingerprint density at radius 1 is 1.23 bits per heavy atom. The summed E-state index contributed by atoms with van der Waals surface area (Å²) in [5.41, 5.74) is 0.956. The van der Waals surface area contributed by atoms with Crippen LogP contribution in [-0.4, -0.2) is 35.5 Å². The van der Waals surface area contributed by atoms with E-state index in [1.807, 2.05) is 6.92 Å². The second kappa shape index (κ2) is 9.27. The molecule has 1 unspecified atom stereocenters. The molecule has 9 heteroatoms. The van der Waals surface area contributed by atoms with Gasteiger partial charge in [-0.15, -0.1) is 11.3 Å². The maximum absolute atomic E-state index is 13.7. The zero-order valence-electron chi connectivity index (χ0n) is 19.1. The molecule has 0 aliphatic carbocycles. The van der Waals surface area contributed by atoms with Crippen LogP contribution >= 0.6 is 11.3 Å². The first-order valence-corrected chi connectivity index (χ1v) is 11.9. The van der Waals surface area contributed by atoms with Crippen LogP contribution in [0.1, 0.15) is 35.5 Å². The second-order valence-electron chi connectivity index (χ2n) is 7.89. The number of ether oxygens (including phenoxy) is 2. The highest BCUT2D eigenvalue weighted by molar-refractivity contribution is 7.13. The largest absolute Gasteiger partial charge is 0.503 e. The lowest BCUT2D eigenvalue weighted by atomic mass is 9.95. The van der Waals surface area contributed by atoms with Crippen molar-refractivity contribution in [3.05, 3.63) is 82.8 Å². The fourth-order valence-electron chi connectivity index (χ4n) is 4.09. The van der Waals surface area contributed by atoms with Crippen LogP contribution in [-0.2, 0) is 4.79 Å². The Kier molecular flexibility index (Phi) is 6.00. The number of fused-ring (bicyclic) bond motifs is 1. The molecule has 1 amide bonds. The van der Waals surface area contributed by atoms with Crippen molar-refractivity contribution in [2.45, 2.75) is 19.4 Å². The van der Waals surface area contributed by atoms with E-state index in [1.165, 1.54) is 23.3 Å². The van der Waals surface area contributed by atoms with Gasteiger partial charge in [0.25, 0.3) is 5.91 Å². The summed E-state index contributed by atoms with van der Waals surface area (Å²) >= 11 is 1.24. The number of furan rings is 1. The standard InChI is InChI=1S/C26H22N2O6S/c1-3-12-33-17-9-7-15(8-10-17)21-20(23(30)25(31)28(21)26-27-11-13-35-26)22(29)19-14-16-5-4-6-18(32-2)24(16)34-19/h4-11,13-14,21,30H,3,12H2,1-2H3. The van der Waals surface area contributed by atoms with Gasteiger partial charge in [-0.3, -0.25) is 14.5 Å². The molecule has 0 radical (unpaired) electrons. The third kappa shape index (κ3) is 3.93. The zero-order valence-corrected chi connectivity index (χ0v) is 19.9. The smallest absolute Gasteiger partial charge is 0.296 e. The van der Waals surface area contributed by atoms with Crippen molar-refractivity contribution in [1.29, 1.82) is 0 Å². The van der Waals surface area contributed by atoms with Gasteiger partial charge in [0, 0.05) is 17.0 Å². The highest BCUT2D eigenvalue weighted by Gasteiger charge is 2.46. The minimum Gasteiger partial charge on any atom is -0.503 e. The number of methoxy groups -OCH3 is 1. The number of aromatic nitrogens is 1. The van der Waals surface area contributed by atoms with E-state index in [-0.39, 0.29) is 11.3 Å². The molecule has 1 N–H and O–H groups in total. The molecule has 5 rings (SSSR count). The third-order valence-electron chi connectivity index (χ3n) is 5.70. The number of benzene rings is 2. The number of hydrogen-bond acceptors (Lipinski definition) is 8. The average Bonchev–Trinajstić information content (AvgIpc) is 3.61. The van der Waals surface area contributed by atoms with Gasteiger partial charge in [-0.25, -0.2) is 4.98 Å². The van der Waals surface area contributed by atoms with Crippen LogP contribution in [0.25, 0.3) is 11.0 Å². The number of anilines is 1. The van der Waals surface area contributed by atoms with E-state index in [0.29, 0.717) is 39.8 Å². The number of thiazole rings is 1.